The summed E-state index contributed by atoms with van der Waals surface area (Å²) in [6.07, 6.45) is 0. The molecule has 0 spiro atoms. The van der Waals surface area contributed by atoms with E-state index >= 15 is 0 Å². The molecule has 0 saturated heterocycles. The molecule has 0 amide bonds. The van der Waals surface area contributed by atoms with Crippen molar-refractivity contribution in [1.29, 1.82) is 0 Å². The molecule has 62 valence electrons. The molecule has 0 aromatic heterocycles. The number of hydrogen-bond acceptors (Lipinski definition) is 2. The molecule has 0 aromatic carbocycles. The zero-order valence-corrected chi connectivity index (χ0v) is 10.1. The second-order valence-corrected chi connectivity index (χ2v) is 11.6. The van der Waals surface area contributed by atoms with Gasteiger partial charge >= 0.3 is 0 Å². The molecule has 0 fully saturated rings. The van der Waals surface area contributed by atoms with Gasteiger partial charge in [0, 0.05) is 10.5 Å². The fourth-order valence-electron chi connectivity index (χ4n) is 0.356. The lowest BCUT2D eigenvalue weighted by molar-refractivity contribution is 1.12. The van der Waals surface area contributed by atoms with E-state index < -0.39 is 0 Å². The van der Waals surface area contributed by atoms with Crippen LogP contribution in [0, 0.1) is 0 Å². The highest BCUT2D eigenvalue weighted by Gasteiger charge is 2.09. The van der Waals surface area contributed by atoms with Crippen molar-refractivity contribution in [3.63, 3.8) is 0 Å². The normalized spacial score (nSPS) is 12.0. The average Bonchev–Trinajstić information content (AvgIpc) is 1.58. The van der Waals surface area contributed by atoms with Gasteiger partial charge in [0.05, 0.1) is 0 Å². The minimum absolute atomic E-state index is 0.354. The van der Waals surface area contributed by atoms with Crippen molar-refractivity contribution in [2.45, 2.75) is 38.2 Å². The molecule has 10 heavy (non-hydrogen) atoms. The topological polar surface area (TPSA) is 0 Å². The van der Waals surface area contributed by atoms with Gasteiger partial charge in [-0.25, -0.2) is 0 Å². The van der Waals surface area contributed by atoms with Crippen molar-refractivity contribution in [3.05, 3.63) is 0 Å². The second-order valence-electron chi connectivity index (χ2n) is 2.52. The summed E-state index contributed by atoms with van der Waals surface area (Å²) >= 11 is 9.81. The van der Waals surface area contributed by atoms with E-state index in [1.807, 2.05) is 22.8 Å². The highest BCUT2D eigenvalue weighted by Crippen LogP contribution is 2.67. The monoisotopic (exact) mass is 216 g/mol. The van der Waals surface area contributed by atoms with Gasteiger partial charge in [-0.3, -0.25) is 0 Å². The predicted octanol–water partition coefficient (Wildman–Crippen LogP) is 4.74. The zero-order chi connectivity index (χ0) is 8.15. The molecule has 0 unspecified atom stereocenters. The van der Waals surface area contributed by atoms with E-state index in [1.54, 1.807) is 0 Å². The van der Waals surface area contributed by atoms with Crippen LogP contribution in [-0.4, -0.2) is 10.5 Å². The summed E-state index contributed by atoms with van der Waals surface area (Å²) in [6, 6.07) is 0. The van der Waals surface area contributed by atoms with Crippen molar-refractivity contribution in [1.82, 2.24) is 0 Å². The van der Waals surface area contributed by atoms with Crippen molar-refractivity contribution in [3.8, 4) is 0 Å². The number of hydrogen-bond donors (Lipinski definition) is 0. The van der Waals surface area contributed by atoms with Gasteiger partial charge in [0.1, 0.15) is 5.68 Å². The van der Waals surface area contributed by atoms with E-state index in [1.165, 1.54) is 0 Å². The molecular formula is C6H14ClPS2. The van der Waals surface area contributed by atoms with Gasteiger partial charge in [-0.2, -0.15) is 0 Å². The molecule has 0 N–H and O–H groups in total. The Balaban J connectivity index is 3.34. The largest absolute Gasteiger partial charge is 0.110 e. The summed E-state index contributed by atoms with van der Waals surface area (Å²) in [4.78, 5) is 0. The first-order chi connectivity index (χ1) is 4.52. The first kappa shape index (κ1) is 11.4. The third-order valence-electron chi connectivity index (χ3n) is 0.587. The third kappa shape index (κ3) is 7.53. The van der Waals surface area contributed by atoms with Gasteiger partial charge in [0.15, 0.2) is 0 Å². The molecule has 0 aliphatic carbocycles. The summed E-state index contributed by atoms with van der Waals surface area (Å²) in [6.45, 7) is 8.74. The second kappa shape index (κ2) is 5.99. The lowest BCUT2D eigenvalue weighted by Gasteiger charge is -2.12. The molecule has 0 bridgehead atoms. The van der Waals surface area contributed by atoms with Gasteiger partial charge in [0.2, 0.25) is 0 Å². The van der Waals surface area contributed by atoms with Crippen LogP contribution in [0.5, 0.6) is 0 Å². The maximum absolute atomic E-state index is 6.06. The number of rotatable bonds is 4. The van der Waals surface area contributed by atoms with Gasteiger partial charge < -0.3 is 0 Å². The first-order valence-corrected chi connectivity index (χ1v) is 8.53. The van der Waals surface area contributed by atoms with E-state index in [9.17, 15) is 0 Å². The van der Waals surface area contributed by atoms with Crippen molar-refractivity contribution in [2.75, 3.05) is 0 Å². The smallest absolute Gasteiger partial charge is 0.104 e. The van der Waals surface area contributed by atoms with Crippen molar-refractivity contribution in [2.24, 2.45) is 0 Å². The molecule has 0 atom stereocenters. The molecule has 0 rings (SSSR count). The SMILES string of the molecule is CC(C)SP(Cl)SC(C)C. The molecule has 0 heterocycles. The molecule has 0 aliphatic rings. The summed E-state index contributed by atoms with van der Waals surface area (Å²) < 4.78 is 0. The van der Waals surface area contributed by atoms with Crippen LogP contribution in [0.15, 0.2) is 0 Å². The lowest BCUT2D eigenvalue weighted by Crippen LogP contribution is -1.83. The van der Waals surface area contributed by atoms with Crippen molar-refractivity contribution < 1.29 is 0 Å². The summed E-state index contributed by atoms with van der Waals surface area (Å²) in [5.74, 6) is 0. The zero-order valence-electron chi connectivity index (χ0n) is 6.80. The van der Waals surface area contributed by atoms with Crippen LogP contribution in [0.25, 0.3) is 0 Å². The molecule has 4 heteroatoms. The van der Waals surface area contributed by atoms with E-state index in [0.717, 1.165) is 0 Å². The van der Waals surface area contributed by atoms with E-state index in [4.69, 9.17) is 11.2 Å². The van der Waals surface area contributed by atoms with E-state index in [0.29, 0.717) is 10.5 Å². The Hall–Kier alpha value is 1.42. The van der Waals surface area contributed by atoms with Crippen LogP contribution in [0.4, 0.5) is 0 Å². The van der Waals surface area contributed by atoms with E-state index in [-0.39, 0.29) is 5.68 Å². The van der Waals surface area contributed by atoms with Gasteiger partial charge in [-0.05, 0) is 0 Å². The van der Waals surface area contributed by atoms with Crippen LogP contribution >= 0.6 is 39.7 Å². The Morgan fingerprint density at radius 2 is 1.30 bits per heavy atom. The minimum Gasteiger partial charge on any atom is -0.104 e. The summed E-state index contributed by atoms with van der Waals surface area (Å²) in [5, 5.41) is 1.32. The van der Waals surface area contributed by atoms with Crippen molar-refractivity contribution >= 4 is 39.7 Å². The van der Waals surface area contributed by atoms with Crippen LogP contribution in [0.1, 0.15) is 27.7 Å². The Kier molecular flexibility index (Phi) is 6.85. The predicted molar refractivity (Wildman–Crippen MR) is 58.2 cm³/mol. The Morgan fingerprint density at radius 3 is 1.50 bits per heavy atom. The Labute approximate surface area is 77.9 Å². The standard InChI is InChI=1S/C6H14ClPS2/c1-5(2)9-8(7)10-6(3)4/h5-6H,1-4H3. The van der Waals surface area contributed by atoms with Gasteiger partial charge in [0.25, 0.3) is 0 Å². The number of halogens is 1. The van der Waals surface area contributed by atoms with Crippen LogP contribution in [0.2, 0.25) is 0 Å². The quantitative estimate of drug-likeness (QED) is 0.623. The molecule has 0 aromatic rings. The lowest BCUT2D eigenvalue weighted by atomic mass is 10.6. The molecular weight excluding hydrogens is 203 g/mol. The van der Waals surface area contributed by atoms with Gasteiger partial charge in [-0.15, -0.1) is 22.8 Å². The maximum Gasteiger partial charge on any atom is 0.110 e. The molecule has 0 nitrogen and oxygen atoms in total. The van der Waals surface area contributed by atoms with Crippen LogP contribution < -0.4 is 0 Å². The highest BCUT2D eigenvalue weighted by molar-refractivity contribution is 8.94. The molecule has 0 radical (unpaired) electrons. The Bertz CT molecular complexity index is 77.8. The van der Waals surface area contributed by atoms with Gasteiger partial charge in [-0.1, -0.05) is 38.9 Å². The minimum atomic E-state index is -0.354. The maximum atomic E-state index is 6.06. The van der Waals surface area contributed by atoms with Crippen LogP contribution in [0.3, 0.4) is 0 Å². The molecule has 0 saturated carbocycles. The first-order valence-electron chi connectivity index (χ1n) is 3.31. The van der Waals surface area contributed by atoms with Crippen LogP contribution in [-0.2, 0) is 0 Å². The third-order valence-corrected chi connectivity index (χ3v) is 8.27. The molecule has 0 aliphatic heterocycles. The fourth-order valence-corrected chi connectivity index (χ4v) is 9.62. The van der Waals surface area contributed by atoms with E-state index in [2.05, 4.69) is 27.7 Å². The fraction of sp³-hybridized carbons (Fsp3) is 1.00. The summed E-state index contributed by atoms with van der Waals surface area (Å²) in [5.41, 5.74) is -0.354. The Morgan fingerprint density at radius 1 is 1.00 bits per heavy atom. The highest BCUT2D eigenvalue weighted by atomic mass is 35.7. The average molecular weight is 217 g/mol. The summed E-state index contributed by atoms with van der Waals surface area (Å²) in [7, 11) is 0.